The quantitative estimate of drug-likeness (QED) is 0.371. The third-order valence-electron chi connectivity index (χ3n) is 5.16. The molecule has 1 N–H and O–H groups in total. The molecule has 4 rings (SSSR count). The van der Waals surface area contributed by atoms with E-state index in [4.69, 9.17) is 14.2 Å². The number of ether oxygens (including phenoxy) is 3. The van der Waals surface area contributed by atoms with Gasteiger partial charge in [0.15, 0.2) is 0 Å². The fraction of sp³-hybridized carbons (Fsp3) is 0.435. The number of hydrogen-bond acceptors (Lipinski definition) is 8. The molecule has 13 heteroatoms. The highest BCUT2D eigenvalue weighted by Gasteiger charge is 2.19. The maximum absolute atomic E-state index is 12.1. The van der Waals surface area contributed by atoms with Gasteiger partial charge in [0.05, 0.1) is 31.6 Å². The SMILES string of the molecule is Cc1ccc(OCCN(C)C(=O)Cn2cc(NC=O)cn2)cc1.Cn1nc(Br)nc1O[C@@H]1CCOC1. The zero-order valence-electron chi connectivity index (χ0n) is 20.5. The van der Waals surface area contributed by atoms with E-state index in [9.17, 15) is 9.59 Å². The number of nitrogens with one attached hydrogen (secondary N) is 1. The van der Waals surface area contributed by atoms with E-state index < -0.39 is 0 Å². The number of hydrogen-bond donors (Lipinski definition) is 1. The van der Waals surface area contributed by atoms with Crippen molar-refractivity contribution in [3.8, 4) is 11.8 Å². The van der Waals surface area contributed by atoms with Crippen LogP contribution in [0.15, 0.2) is 41.4 Å². The molecule has 1 fully saturated rings. The predicted octanol–water partition coefficient (Wildman–Crippen LogP) is 2.04. The number of rotatable bonds is 10. The molecule has 2 aromatic heterocycles. The van der Waals surface area contributed by atoms with E-state index in [2.05, 4.69) is 36.4 Å². The Labute approximate surface area is 217 Å². The van der Waals surface area contributed by atoms with Crippen molar-refractivity contribution >= 4 is 33.9 Å². The summed E-state index contributed by atoms with van der Waals surface area (Å²) in [4.78, 5) is 28.1. The van der Waals surface area contributed by atoms with Crippen LogP contribution < -0.4 is 14.8 Å². The summed E-state index contributed by atoms with van der Waals surface area (Å²) >= 11 is 3.18. The summed E-state index contributed by atoms with van der Waals surface area (Å²) in [6.07, 6.45) is 4.70. The summed E-state index contributed by atoms with van der Waals surface area (Å²) in [6, 6.07) is 8.30. The van der Waals surface area contributed by atoms with Gasteiger partial charge in [-0.1, -0.05) is 17.7 Å². The summed E-state index contributed by atoms with van der Waals surface area (Å²) < 4.78 is 20.0. The monoisotopic (exact) mass is 563 g/mol. The summed E-state index contributed by atoms with van der Waals surface area (Å²) in [7, 11) is 3.51. The Morgan fingerprint density at radius 2 is 2.14 bits per heavy atom. The number of aryl methyl sites for hydroxylation is 2. The summed E-state index contributed by atoms with van der Waals surface area (Å²) in [5, 5.41) is 10.5. The fourth-order valence-electron chi connectivity index (χ4n) is 3.11. The first-order valence-corrected chi connectivity index (χ1v) is 12.1. The molecule has 1 aromatic carbocycles. The maximum Gasteiger partial charge on any atom is 0.315 e. The molecule has 0 unspecified atom stereocenters. The number of aromatic nitrogens is 5. The second kappa shape index (κ2) is 13.6. The van der Waals surface area contributed by atoms with Crippen molar-refractivity contribution in [2.75, 3.05) is 38.7 Å². The smallest absolute Gasteiger partial charge is 0.315 e. The summed E-state index contributed by atoms with van der Waals surface area (Å²) in [5.74, 6) is 0.700. The number of carbonyl (C=O) groups is 2. The topological polar surface area (TPSA) is 126 Å². The minimum atomic E-state index is -0.0849. The van der Waals surface area contributed by atoms with Crippen molar-refractivity contribution in [2.45, 2.75) is 26.0 Å². The molecule has 1 atom stereocenters. The molecular formula is C23H30BrN7O5. The summed E-state index contributed by atoms with van der Waals surface area (Å²) in [6.45, 7) is 4.44. The fourth-order valence-corrected chi connectivity index (χ4v) is 3.50. The lowest BCUT2D eigenvalue weighted by Gasteiger charge is -2.17. The van der Waals surface area contributed by atoms with E-state index in [1.54, 1.807) is 29.9 Å². The van der Waals surface area contributed by atoms with Gasteiger partial charge in [0, 0.05) is 26.7 Å². The second-order valence-corrected chi connectivity index (χ2v) is 8.77. The van der Waals surface area contributed by atoms with Crippen LogP contribution in [0.25, 0.3) is 0 Å². The first kappa shape index (κ1) is 27.1. The third kappa shape index (κ3) is 8.64. The Hall–Kier alpha value is -3.45. The normalized spacial score (nSPS) is 14.5. The minimum absolute atomic E-state index is 0.0849. The van der Waals surface area contributed by atoms with Crippen molar-refractivity contribution < 1.29 is 23.8 Å². The Kier molecular flexibility index (Phi) is 10.2. The van der Waals surface area contributed by atoms with Gasteiger partial charge in [-0.25, -0.2) is 4.68 Å². The standard InChI is InChI=1S/C16H20N4O3.C7H10BrN3O2/c1-13-3-5-15(6-4-13)23-8-7-19(2)16(22)11-20-10-14(9-18-20)17-12-21;1-11-7(9-6(8)10-11)13-5-2-3-12-4-5/h3-6,9-10,12H,7-8,11H2,1-2H3,(H,17,21);5H,2-4H2,1H3/t;5-/m.1/s1. The van der Waals surface area contributed by atoms with Crippen LogP contribution in [0, 0.1) is 6.92 Å². The van der Waals surface area contributed by atoms with E-state index in [-0.39, 0.29) is 18.6 Å². The lowest BCUT2D eigenvalue weighted by molar-refractivity contribution is -0.131. The van der Waals surface area contributed by atoms with E-state index in [0.717, 1.165) is 18.8 Å². The number of amides is 2. The first-order valence-electron chi connectivity index (χ1n) is 11.3. The van der Waals surface area contributed by atoms with Gasteiger partial charge in [0.2, 0.25) is 17.1 Å². The number of nitrogens with zero attached hydrogens (tertiary/aromatic N) is 6. The van der Waals surface area contributed by atoms with Crippen LogP contribution in [0.3, 0.4) is 0 Å². The third-order valence-corrected chi connectivity index (χ3v) is 5.49. The molecule has 3 heterocycles. The molecule has 2 amide bonds. The number of anilines is 1. The van der Waals surface area contributed by atoms with Gasteiger partial charge in [-0.3, -0.25) is 14.3 Å². The average Bonchev–Trinajstić information content (AvgIpc) is 3.59. The Morgan fingerprint density at radius 3 is 2.78 bits per heavy atom. The number of carbonyl (C=O) groups excluding carboxylic acids is 2. The van der Waals surface area contributed by atoms with Gasteiger partial charge in [0.25, 0.3) is 0 Å². The van der Waals surface area contributed by atoms with Crippen molar-refractivity contribution in [3.63, 3.8) is 0 Å². The molecule has 194 valence electrons. The van der Waals surface area contributed by atoms with Gasteiger partial charge in [-0.15, -0.1) is 5.10 Å². The largest absolute Gasteiger partial charge is 0.492 e. The van der Waals surface area contributed by atoms with Crippen LogP contribution in [-0.4, -0.2) is 81.3 Å². The zero-order valence-corrected chi connectivity index (χ0v) is 22.0. The van der Waals surface area contributed by atoms with Crippen LogP contribution in [0.2, 0.25) is 0 Å². The van der Waals surface area contributed by atoms with Gasteiger partial charge in [-0.2, -0.15) is 10.1 Å². The van der Waals surface area contributed by atoms with Crippen molar-refractivity contribution in [1.29, 1.82) is 0 Å². The van der Waals surface area contributed by atoms with Crippen molar-refractivity contribution in [2.24, 2.45) is 7.05 Å². The van der Waals surface area contributed by atoms with Crippen LogP contribution in [0.5, 0.6) is 11.8 Å². The molecule has 12 nitrogen and oxygen atoms in total. The van der Waals surface area contributed by atoms with E-state index in [1.165, 1.54) is 16.4 Å². The van der Waals surface area contributed by atoms with Gasteiger partial charge in [-0.05, 0) is 35.0 Å². The van der Waals surface area contributed by atoms with Crippen molar-refractivity contribution in [3.05, 3.63) is 47.0 Å². The molecule has 1 aliphatic rings. The van der Waals surface area contributed by atoms with Crippen LogP contribution >= 0.6 is 15.9 Å². The van der Waals surface area contributed by atoms with Crippen LogP contribution in [-0.2, 0) is 27.9 Å². The average molecular weight is 564 g/mol. The number of benzene rings is 1. The Bertz CT molecular complexity index is 1110. The lowest BCUT2D eigenvalue weighted by atomic mass is 10.2. The predicted molar refractivity (Wildman–Crippen MR) is 135 cm³/mol. The first-order chi connectivity index (χ1) is 17.3. The van der Waals surface area contributed by atoms with E-state index >= 15 is 0 Å². The molecule has 1 aliphatic heterocycles. The molecule has 0 bridgehead atoms. The minimum Gasteiger partial charge on any atom is -0.492 e. The summed E-state index contributed by atoms with van der Waals surface area (Å²) in [5.41, 5.74) is 1.73. The number of likely N-dealkylation sites (N-methyl/N-ethyl adjacent to an activating group) is 1. The molecule has 0 saturated carbocycles. The number of halogens is 1. The lowest BCUT2D eigenvalue weighted by Crippen LogP contribution is -2.33. The zero-order chi connectivity index (χ0) is 25.9. The molecular weight excluding hydrogens is 534 g/mol. The highest BCUT2D eigenvalue weighted by atomic mass is 79.9. The molecule has 0 aliphatic carbocycles. The van der Waals surface area contributed by atoms with E-state index in [0.29, 0.717) is 42.6 Å². The highest BCUT2D eigenvalue weighted by molar-refractivity contribution is 9.10. The van der Waals surface area contributed by atoms with Gasteiger partial charge in [0.1, 0.15) is 25.0 Å². The van der Waals surface area contributed by atoms with Gasteiger partial charge >= 0.3 is 6.01 Å². The van der Waals surface area contributed by atoms with E-state index in [1.807, 2.05) is 31.2 Å². The molecule has 0 spiro atoms. The van der Waals surface area contributed by atoms with Gasteiger partial charge < -0.3 is 24.4 Å². The highest BCUT2D eigenvalue weighted by Crippen LogP contribution is 2.16. The van der Waals surface area contributed by atoms with Crippen LogP contribution in [0.4, 0.5) is 5.69 Å². The Morgan fingerprint density at radius 1 is 1.36 bits per heavy atom. The molecule has 3 aromatic rings. The second-order valence-electron chi connectivity index (χ2n) is 8.06. The van der Waals surface area contributed by atoms with Crippen molar-refractivity contribution in [1.82, 2.24) is 29.4 Å². The Balaban J connectivity index is 0.000000233. The maximum atomic E-state index is 12.1. The molecule has 0 radical (unpaired) electrons. The molecule has 36 heavy (non-hydrogen) atoms. The molecule has 1 saturated heterocycles. The van der Waals surface area contributed by atoms with Crippen LogP contribution in [0.1, 0.15) is 12.0 Å².